The summed E-state index contributed by atoms with van der Waals surface area (Å²) >= 11 is 0. The molecule has 0 aliphatic rings. The Kier molecular flexibility index (Phi) is 6.32. The third kappa shape index (κ3) is 5.26. The molecule has 3 aromatic rings. The largest absolute Gasteiger partial charge is 0.343 e. The van der Waals surface area contributed by atoms with Crippen LogP contribution < -0.4 is 16.0 Å². The van der Waals surface area contributed by atoms with Crippen LogP contribution in [-0.4, -0.2) is 29.3 Å². The molecule has 2 aromatic carbocycles. The van der Waals surface area contributed by atoms with Crippen LogP contribution in [0.5, 0.6) is 0 Å². The molecule has 0 saturated carbocycles. The van der Waals surface area contributed by atoms with Crippen molar-refractivity contribution in [1.29, 1.82) is 0 Å². The van der Waals surface area contributed by atoms with Gasteiger partial charge in [0.1, 0.15) is 0 Å². The number of para-hydroxylation sites is 2. The van der Waals surface area contributed by atoms with Crippen LogP contribution in [-0.2, 0) is 4.79 Å². The lowest BCUT2D eigenvalue weighted by molar-refractivity contribution is -0.115. The molecule has 0 aliphatic heterocycles. The minimum Gasteiger partial charge on any atom is -0.343 e. The number of pyridine rings is 1. The van der Waals surface area contributed by atoms with Crippen LogP contribution in [0.15, 0.2) is 73.1 Å². The van der Waals surface area contributed by atoms with E-state index in [1.165, 1.54) is 12.4 Å². The minimum atomic E-state index is -0.457. The lowest BCUT2D eigenvalue weighted by atomic mass is 10.1. The minimum absolute atomic E-state index is 0.195. The number of nitrogens with one attached hydrogen (secondary N) is 3. The molecule has 146 valence electrons. The van der Waals surface area contributed by atoms with Gasteiger partial charge in [0.15, 0.2) is 0 Å². The summed E-state index contributed by atoms with van der Waals surface area (Å²) in [5, 5.41) is 8.06. The van der Waals surface area contributed by atoms with Gasteiger partial charge in [-0.15, -0.1) is 0 Å². The summed E-state index contributed by atoms with van der Waals surface area (Å²) in [4.78, 5) is 41.1. The number of carbonyl (C=O) groups is 3. The quantitative estimate of drug-likeness (QED) is 0.604. The zero-order valence-corrected chi connectivity index (χ0v) is 15.8. The van der Waals surface area contributed by atoms with Crippen molar-refractivity contribution in [3.8, 4) is 0 Å². The molecular formula is C22H20N4O3. The molecule has 0 bridgehead atoms. The zero-order valence-electron chi connectivity index (χ0n) is 15.8. The molecule has 0 unspecified atom stereocenters. The van der Waals surface area contributed by atoms with Gasteiger partial charge in [-0.1, -0.05) is 30.3 Å². The van der Waals surface area contributed by atoms with Gasteiger partial charge in [-0.2, -0.15) is 0 Å². The molecule has 3 amide bonds. The van der Waals surface area contributed by atoms with E-state index < -0.39 is 5.91 Å². The summed E-state index contributed by atoms with van der Waals surface area (Å²) in [6.07, 6.45) is 3.04. The fourth-order valence-electron chi connectivity index (χ4n) is 2.69. The Balaban J connectivity index is 1.68. The summed E-state index contributed by atoms with van der Waals surface area (Å²) in [5.41, 5.74) is 2.48. The number of anilines is 2. The van der Waals surface area contributed by atoms with Crippen LogP contribution >= 0.6 is 0 Å². The Morgan fingerprint density at radius 2 is 1.55 bits per heavy atom. The van der Waals surface area contributed by atoms with E-state index in [1.54, 1.807) is 61.5 Å². The van der Waals surface area contributed by atoms with Crippen molar-refractivity contribution in [3.63, 3.8) is 0 Å². The second-order valence-electron chi connectivity index (χ2n) is 6.28. The number of hydrogen-bond donors (Lipinski definition) is 3. The molecule has 3 N–H and O–H groups in total. The van der Waals surface area contributed by atoms with Crippen LogP contribution in [0.4, 0.5) is 11.4 Å². The predicted molar refractivity (Wildman–Crippen MR) is 111 cm³/mol. The highest BCUT2D eigenvalue weighted by molar-refractivity contribution is 6.10. The first kappa shape index (κ1) is 19.8. The lowest BCUT2D eigenvalue weighted by Gasteiger charge is -2.14. The van der Waals surface area contributed by atoms with Gasteiger partial charge >= 0.3 is 0 Å². The lowest BCUT2D eigenvalue weighted by Crippen LogP contribution is -2.33. The number of aryl methyl sites for hydroxylation is 1. The smallest absolute Gasteiger partial charge is 0.255 e. The van der Waals surface area contributed by atoms with E-state index in [-0.39, 0.29) is 23.9 Å². The van der Waals surface area contributed by atoms with Crippen molar-refractivity contribution in [1.82, 2.24) is 10.3 Å². The Morgan fingerprint density at radius 1 is 0.828 bits per heavy atom. The average Bonchev–Trinajstić information content (AvgIpc) is 2.74. The van der Waals surface area contributed by atoms with Crippen molar-refractivity contribution in [3.05, 3.63) is 89.7 Å². The second kappa shape index (κ2) is 9.27. The summed E-state index contributed by atoms with van der Waals surface area (Å²) in [5.74, 6) is -1.15. The third-order valence-electron chi connectivity index (χ3n) is 4.17. The molecule has 0 spiro atoms. The molecule has 0 radical (unpaired) electrons. The van der Waals surface area contributed by atoms with Crippen LogP contribution in [0.25, 0.3) is 0 Å². The SMILES string of the molecule is Cc1cccc(C(=O)NCC(=O)Nc2ccccc2)c1NC(=O)c1ccncc1. The van der Waals surface area contributed by atoms with Crippen LogP contribution in [0.3, 0.4) is 0 Å². The van der Waals surface area contributed by atoms with E-state index >= 15 is 0 Å². The van der Waals surface area contributed by atoms with E-state index in [4.69, 9.17) is 0 Å². The van der Waals surface area contributed by atoms with E-state index in [2.05, 4.69) is 20.9 Å². The Morgan fingerprint density at radius 3 is 2.28 bits per heavy atom. The van der Waals surface area contributed by atoms with Crippen LogP contribution in [0, 0.1) is 6.92 Å². The van der Waals surface area contributed by atoms with Gasteiger partial charge in [0, 0.05) is 23.6 Å². The Bertz CT molecular complexity index is 1020. The van der Waals surface area contributed by atoms with Crippen molar-refractivity contribution >= 4 is 29.1 Å². The molecular weight excluding hydrogens is 368 g/mol. The van der Waals surface area contributed by atoms with Crippen LogP contribution in [0.1, 0.15) is 26.3 Å². The maximum Gasteiger partial charge on any atom is 0.255 e. The summed E-state index contributed by atoms with van der Waals surface area (Å²) in [7, 11) is 0. The second-order valence-corrected chi connectivity index (χ2v) is 6.28. The highest BCUT2D eigenvalue weighted by Crippen LogP contribution is 2.21. The molecule has 0 saturated heterocycles. The zero-order chi connectivity index (χ0) is 20.6. The molecule has 7 nitrogen and oxygen atoms in total. The van der Waals surface area contributed by atoms with Gasteiger partial charge in [-0.05, 0) is 42.8 Å². The van der Waals surface area contributed by atoms with Gasteiger partial charge < -0.3 is 16.0 Å². The fraction of sp³-hybridized carbons (Fsp3) is 0.0909. The standard InChI is InChI=1S/C22H20N4O3/c1-15-6-5-9-18(20(15)26-21(28)16-10-12-23-13-11-16)22(29)24-14-19(27)25-17-7-3-2-4-8-17/h2-13H,14H2,1H3,(H,24,29)(H,25,27)(H,26,28). The topological polar surface area (TPSA) is 100 Å². The summed E-state index contributed by atoms with van der Waals surface area (Å²) in [6.45, 7) is 1.60. The van der Waals surface area contributed by atoms with Crippen molar-refractivity contribution in [2.75, 3.05) is 17.2 Å². The molecule has 0 atom stereocenters. The number of aromatic nitrogens is 1. The van der Waals surface area contributed by atoms with Crippen molar-refractivity contribution in [2.24, 2.45) is 0 Å². The maximum atomic E-state index is 12.6. The van der Waals surface area contributed by atoms with E-state index in [0.29, 0.717) is 16.9 Å². The average molecular weight is 388 g/mol. The molecule has 1 aromatic heterocycles. The number of rotatable bonds is 6. The number of hydrogen-bond acceptors (Lipinski definition) is 4. The molecule has 0 fully saturated rings. The molecule has 7 heteroatoms. The predicted octanol–water partition coefficient (Wildman–Crippen LogP) is 3.01. The van der Waals surface area contributed by atoms with Crippen molar-refractivity contribution in [2.45, 2.75) is 6.92 Å². The van der Waals surface area contributed by atoms with Crippen LogP contribution in [0.2, 0.25) is 0 Å². The number of nitrogens with zero attached hydrogens (tertiary/aromatic N) is 1. The monoisotopic (exact) mass is 388 g/mol. The van der Waals surface area contributed by atoms with Gasteiger partial charge in [0.05, 0.1) is 17.8 Å². The first-order valence-corrected chi connectivity index (χ1v) is 8.98. The van der Waals surface area contributed by atoms with E-state index in [0.717, 1.165) is 5.56 Å². The summed E-state index contributed by atoms with van der Waals surface area (Å²) < 4.78 is 0. The molecule has 1 heterocycles. The number of amides is 3. The van der Waals surface area contributed by atoms with Gasteiger partial charge in [0.2, 0.25) is 5.91 Å². The van der Waals surface area contributed by atoms with E-state index in [1.807, 2.05) is 6.07 Å². The number of benzene rings is 2. The Hall–Kier alpha value is -4.00. The first-order valence-electron chi connectivity index (χ1n) is 8.98. The molecule has 0 aliphatic carbocycles. The molecule has 29 heavy (non-hydrogen) atoms. The van der Waals surface area contributed by atoms with Gasteiger partial charge in [-0.25, -0.2) is 0 Å². The number of carbonyl (C=O) groups excluding carboxylic acids is 3. The highest BCUT2D eigenvalue weighted by Gasteiger charge is 2.17. The summed E-state index contributed by atoms with van der Waals surface area (Å²) in [6, 6.07) is 17.2. The third-order valence-corrected chi connectivity index (χ3v) is 4.17. The normalized spacial score (nSPS) is 10.1. The molecule has 3 rings (SSSR count). The Labute approximate surface area is 168 Å². The highest BCUT2D eigenvalue weighted by atomic mass is 16.2. The van der Waals surface area contributed by atoms with Crippen molar-refractivity contribution < 1.29 is 14.4 Å². The van der Waals surface area contributed by atoms with E-state index in [9.17, 15) is 14.4 Å². The maximum absolute atomic E-state index is 12.6. The fourth-order valence-corrected chi connectivity index (χ4v) is 2.69. The van der Waals surface area contributed by atoms with Gasteiger partial charge in [-0.3, -0.25) is 19.4 Å². The first-order chi connectivity index (χ1) is 14.0. The van der Waals surface area contributed by atoms with Gasteiger partial charge in [0.25, 0.3) is 11.8 Å².